The highest BCUT2D eigenvalue weighted by Crippen LogP contribution is 2.32. The van der Waals surface area contributed by atoms with Gasteiger partial charge in [0, 0.05) is 25.7 Å². The molecule has 1 unspecified atom stereocenters. The summed E-state index contributed by atoms with van der Waals surface area (Å²) in [6.45, 7) is 14.7. The zero-order valence-corrected chi connectivity index (χ0v) is 12.9. The second-order valence-corrected chi connectivity index (χ2v) is 7.80. The van der Waals surface area contributed by atoms with Crippen LogP contribution in [-0.4, -0.2) is 37.1 Å². The lowest BCUT2D eigenvalue weighted by Gasteiger charge is -2.42. The lowest BCUT2D eigenvalue weighted by molar-refractivity contribution is 0.0726. The molecule has 1 atom stereocenters. The summed E-state index contributed by atoms with van der Waals surface area (Å²) in [6, 6.07) is 0.841. The zero-order valence-electron chi connectivity index (χ0n) is 12.9. The Morgan fingerprint density at radius 1 is 1.33 bits per heavy atom. The first kappa shape index (κ1) is 14.3. The third-order valence-corrected chi connectivity index (χ3v) is 4.83. The lowest BCUT2D eigenvalue weighted by atomic mass is 9.81. The summed E-state index contributed by atoms with van der Waals surface area (Å²) in [6.07, 6.45) is 6.85. The topological polar surface area (TPSA) is 15.3 Å². The van der Waals surface area contributed by atoms with E-state index in [0.717, 1.165) is 6.04 Å². The number of nitrogens with one attached hydrogen (secondary N) is 1. The van der Waals surface area contributed by atoms with Crippen LogP contribution in [0.25, 0.3) is 0 Å². The molecule has 0 aromatic rings. The van der Waals surface area contributed by atoms with Gasteiger partial charge in [-0.2, -0.15) is 0 Å². The lowest BCUT2D eigenvalue weighted by Crippen LogP contribution is -2.48. The van der Waals surface area contributed by atoms with Crippen LogP contribution in [0.15, 0.2) is 0 Å². The number of rotatable bonds is 6. The van der Waals surface area contributed by atoms with Gasteiger partial charge in [0.25, 0.3) is 0 Å². The highest BCUT2D eigenvalue weighted by atomic mass is 15.1. The third kappa shape index (κ3) is 4.24. The summed E-state index contributed by atoms with van der Waals surface area (Å²) in [5.74, 6) is 0. The van der Waals surface area contributed by atoms with E-state index in [1.807, 2.05) is 0 Å². The first-order valence-electron chi connectivity index (χ1n) is 7.88. The van der Waals surface area contributed by atoms with Gasteiger partial charge in [0.2, 0.25) is 0 Å². The maximum absolute atomic E-state index is 3.73. The Morgan fingerprint density at radius 3 is 2.61 bits per heavy atom. The minimum Gasteiger partial charge on any atom is -0.313 e. The van der Waals surface area contributed by atoms with Crippen molar-refractivity contribution < 1.29 is 0 Å². The summed E-state index contributed by atoms with van der Waals surface area (Å²) in [7, 11) is 0. The quantitative estimate of drug-likeness (QED) is 0.780. The van der Waals surface area contributed by atoms with Crippen LogP contribution in [0.2, 0.25) is 0 Å². The van der Waals surface area contributed by atoms with Crippen molar-refractivity contribution in [3.05, 3.63) is 0 Å². The van der Waals surface area contributed by atoms with Gasteiger partial charge in [-0.05, 0) is 49.5 Å². The average molecular weight is 252 g/mol. The van der Waals surface area contributed by atoms with E-state index in [-0.39, 0.29) is 0 Å². The number of piperidine rings is 1. The standard InChI is InChI=1S/C16H32N2/c1-5-16(4,11-17-14-7-8-14)13-18-10-6-9-15(2,3)12-18/h14,17H,5-13H2,1-4H3. The van der Waals surface area contributed by atoms with E-state index in [9.17, 15) is 0 Å². The smallest absolute Gasteiger partial charge is 0.00684 e. The van der Waals surface area contributed by atoms with Crippen LogP contribution in [0, 0.1) is 10.8 Å². The van der Waals surface area contributed by atoms with Gasteiger partial charge in [-0.25, -0.2) is 0 Å². The van der Waals surface area contributed by atoms with E-state index in [1.165, 1.54) is 58.3 Å². The summed E-state index contributed by atoms with van der Waals surface area (Å²) in [4.78, 5) is 2.71. The fourth-order valence-corrected chi connectivity index (χ4v) is 3.19. The number of nitrogens with zero attached hydrogens (tertiary/aromatic N) is 1. The SMILES string of the molecule is CCC(C)(CNC1CC1)CN1CCCC(C)(C)C1. The summed E-state index contributed by atoms with van der Waals surface area (Å²) >= 11 is 0. The molecule has 18 heavy (non-hydrogen) atoms. The Labute approximate surface area is 114 Å². The Bertz CT molecular complexity index is 270. The molecule has 1 N–H and O–H groups in total. The van der Waals surface area contributed by atoms with Crippen LogP contribution in [0.1, 0.15) is 59.8 Å². The first-order chi connectivity index (χ1) is 8.42. The van der Waals surface area contributed by atoms with Gasteiger partial charge in [0.05, 0.1) is 0 Å². The van der Waals surface area contributed by atoms with E-state index in [0.29, 0.717) is 10.8 Å². The second-order valence-electron chi connectivity index (χ2n) is 7.80. The molecule has 2 rings (SSSR count). The van der Waals surface area contributed by atoms with E-state index in [1.54, 1.807) is 0 Å². The van der Waals surface area contributed by atoms with Crippen molar-refractivity contribution in [1.29, 1.82) is 0 Å². The van der Waals surface area contributed by atoms with E-state index >= 15 is 0 Å². The highest BCUT2D eigenvalue weighted by Gasteiger charge is 2.32. The van der Waals surface area contributed by atoms with E-state index in [2.05, 4.69) is 37.9 Å². The molecule has 0 aromatic heterocycles. The van der Waals surface area contributed by atoms with Crippen molar-refractivity contribution in [2.24, 2.45) is 10.8 Å². The number of hydrogen-bond acceptors (Lipinski definition) is 2. The van der Waals surface area contributed by atoms with Gasteiger partial charge in [-0.1, -0.05) is 27.7 Å². The van der Waals surface area contributed by atoms with Crippen LogP contribution in [-0.2, 0) is 0 Å². The van der Waals surface area contributed by atoms with Crippen molar-refractivity contribution in [3.63, 3.8) is 0 Å². The molecular formula is C16H32N2. The van der Waals surface area contributed by atoms with Crippen molar-refractivity contribution in [1.82, 2.24) is 10.2 Å². The molecule has 106 valence electrons. The van der Waals surface area contributed by atoms with Crippen LogP contribution >= 0.6 is 0 Å². The monoisotopic (exact) mass is 252 g/mol. The van der Waals surface area contributed by atoms with Gasteiger partial charge < -0.3 is 10.2 Å². The molecule has 0 aromatic carbocycles. The van der Waals surface area contributed by atoms with Gasteiger partial charge in [0.1, 0.15) is 0 Å². The van der Waals surface area contributed by atoms with Gasteiger partial charge in [-0.3, -0.25) is 0 Å². The molecule has 1 aliphatic heterocycles. The van der Waals surface area contributed by atoms with Crippen LogP contribution in [0.5, 0.6) is 0 Å². The number of hydrogen-bond donors (Lipinski definition) is 1. The molecule has 1 saturated carbocycles. The largest absolute Gasteiger partial charge is 0.313 e. The average Bonchev–Trinajstić information content (AvgIpc) is 3.09. The molecule has 0 radical (unpaired) electrons. The molecule has 2 heteroatoms. The van der Waals surface area contributed by atoms with Gasteiger partial charge in [-0.15, -0.1) is 0 Å². The fraction of sp³-hybridized carbons (Fsp3) is 1.00. The predicted octanol–water partition coefficient (Wildman–Crippen LogP) is 3.28. The van der Waals surface area contributed by atoms with Crippen molar-refractivity contribution in [3.8, 4) is 0 Å². The molecule has 0 spiro atoms. The second kappa shape index (κ2) is 5.50. The summed E-state index contributed by atoms with van der Waals surface area (Å²) < 4.78 is 0. The summed E-state index contributed by atoms with van der Waals surface area (Å²) in [5.41, 5.74) is 0.979. The molecule has 1 heterocycles. The normalized spacial score (nSPS) is 28.0. The Balaban J connectivity index is 1.83. The predicted molar refractivity (Wildman–Crippen MR) is 78.9 cm³/mol. The fourth-order valence-electron chi connectivity index (χ4n) is 3.19. The molecule has 0 amide bonds. The Kier molecular flexibility index (Phi) is 4.38. The van der Waals surface area contributed by atoms with Crippen molar-refractivity contribution >= 4 is 0 Å². The molecule has 0 bridgehead atoms. The van der Waals surface area contributed by atoms with Crippen LogP contribution in [0.3, 0.4) is 0 Å². The molecular weight excluding hydrogens is 220 g/mol. The van der Waals surface area contributed by atoms with E-state index < -0.39 is 0 Å². The van der Waals surface area contributed by atoms with Crippen molar-refractivity contribution in [2.45, 2.75) is 65.8 Å². The molecule has 2 nitrogen and oxygen atoms in total. The maximum Gasteiger partial charge on any atom is 0.00684 e. The van der Waals surface area contributed by atoms with Gasteiger partial charge in [0.15, 0.2) is 0 Å². The third-order valence-electron chi connectivity index (χ3n) is 4.83. The minimum absolute atomic E-state index is 0.454. The zero-order chi connectivity index (χ0) is 13.2. The molecule has 1 aliphatic carbocycles. The molecule has 2 fully saturated rings. The summed E-state index contributed by atoms with van der Waals surface area (Å²) in [5, 5.41) is 3.73. The Hall–Kier alpha value is -0.0800. The van der Waals surface area contributed by atoms with Crippen LogP contribution < -0.4 is 5.32 Å². The van der Waals surface area contributed by atoms with E-state index in [4.69, 9.17) is 0 Å². The molecule has 2 aliphatic rings. The highest BCUT2D eigenvalue weighted by molar-refractivity contribution is 4.88. The number of likely N-dealkylation sites (tertiary alicyclic amines) is 1. The van der Waals surface area contributed by atoms with Gasteiger partial charge >= 0.3 is 0 Å². The maximum atomic E-state index is 3.73. The first-order valence-corrected chi connectivity index (χ1v) is 7.88. The molecule has 1 saturated heterocycles. The van der Waals surface area contributed by atoms with Crippen molar-refractivity contribution in [2.75, 3.05) is 26.2 Å². The van der Waals surface area contributed by atoms with Crippen LogP contribution in [0.4, 0.5) is 0 Å². The Morgan fingerprint density at radius 2 is 2.06 bits per heavy atom. The minimum atomic E-state index is 0.454.